The van der Waals surface area contributed by atoms with Crippen LogP contribution in [0, 0.1) is 5.41 Å². The van der Waals surface area contributed by atoms with Gasteiger partial charge in [0.2, 0.25) is 10.0 Å². The summed E-state index contributed by atoms with van der Waals surface area (Å²) in [5.74, 6) is 0. The summed E-state index contributed by atoms with van der Waals surface area (Å²) in [4.78, 5) is 0.227. The Morgan fingerprint density at radius 1 is 1.47 bits per heavy atom. The highest BCUT2D eigenvalue weighted by atomic mass is 32.2. The Balaban J connectivity index is 2.09. The predicted molar refractivity (Wildman–Crippen MR) is 73.1 cm³/mol. The topological polar surface area (TPSA) is 71.3 Å². The number of hydrogen-bond acceptors (Lipinski definition) is 3. The van der Waals surface area contributed by atoms with Gasteiger partial charge in [-0.2, -0.15) is 0 Å². The Bertz CT molecular complexity index is 539. The Hall–Kier alpha value is -0.850. The molecular weight excluding hydrogens is 264 g/mol. The number of aryl methyl sites for hydroxylation is 1. The minimum atomic E-state index is -3.47. The predicted octanol–water partition coefficient (Wildman–Crippen LogP) is 1.38. The number of hydrogen-bond donors (Lipinski definition) is 2. The SMILES string of the molecule is CCC1(CNS(=O)(=O)c2cc(CO)n(C)c2)CCC1. The van der Waals surface area contributed by atoms with Crippen LogP contribution in [0.1, 0.15) is 38.3 Å². The Labute approximate surface area is 114 Å². The van der Waals surface area contributed by atoms with Crippen molar-refractivity contribution in [1.29, 1.82) is 0 Å². The monoisotopic (exact) mass is 286 g/mol. The molecule has 0 aliphatic heterocycles. The van der Waals surface area contributed by atoms with Crippen LogP contribution < -0.4 is 4.72 Å². The van der Waals surface area contributed by atoms with Crippen molar-refractivity contribution in [3.63, 3.8) is 0 Å². The fraction of sp³-hybridized carbons (Fsp3) is 0.692. The van der Waals surface area contributed by atoms with Crippen LogP contribution in [0.15, 0.2) is 17.2 Å². The van der Waals surface area contributed by atoms with Gasteiger partial charge in [0.25, 0.3) is 0 Å². The summed E-state index contributed by atoms with van der Waals surface area (Å²) in [6.45, 7) is 2.46. The number of aliphatic hydroxyl groups excluding tert-OH is 1. The van der Waals surface area contributed by atoms with Gasteiger partial charge in [-0.1, -0.05) is 13.3 Å². The van der Waals surface area contributed by atoms with E-state index >= 15 is 0 Å². The summed E-state index contributed by atoms with van der Waals surface area (Å²) >= 11 is 0. The molecule has 1 aliphatic rings. The molecule has 0 radical (unpaired) electrons. The normalized spacial score (nSPS) is 18.3. The third-order valence-corrected chi connectivity index (χ3v) is 5.72. The summed E-state index contributed by atoms with van der Waals surface area (Å²) in [5, 5.41) is 9.11. The molecule has 1 aliphatic carbocycles. The third kappa shape index (κ3) is 2.85. The summed E-state index contributed by atoms with van der Waals surface area (Å²) in [6, 6.07) is 1.52. The lowest BCUT2D eigenvalue weighted by Crippen LogP contribution is -2.41. The highest BCUT2D eigenvalue weighted by Crippen LogP contribution is 2.43. The standard InChI is InChI=1S/C13H22N2O3S/c1-3-13(5-4-6-13)10-14-19(17,18)12-7-11(9-16)15(2)8-12/h7-8,14,16H,3-6,9-10H2,1-2H3. The number of aromatic nitrogens is 1. The van der Waals surface area contributed by atoms with Crippen molar-refractivity contribution in [2.45, 2.75) is 44.1 Å². The highest BCUT2D eigenvalue weighted by Gasteiger charge is 2.36. The molecule has 1 aromatic heterocycles. The maximum Gasteiger partial charge on any atom is 0.242 e. The van der Waals surface area contributed by atoms with Crippen LogP contribution in [0.2, 0.25) is 0 Å². The zero-order valence-corrected chi connectivity index (χ0v) is 12.3. The van der Waals surface area contributed by atoms with E-state index in [1.807, 2.05) is 0 Å². The van der Waals surface area contributed by atoms with E-state index in [2.05, 4.69) is 11.6 Å². The van der Waals surface area contributed by atoms with Gasteiger partial charge in [0.15, 0.2) is 0 Å². The molecule has 0 aromatic carbocycles. The summed E-state index contributed by atoms with van der Waals surface area (Å²) in [6.07, 6.45) is 5.93. The van der Waals surface area contributed by atoms with Crippen LogP contribution in [0.5, 0.6) is 0 Å². The molecule has 1 fully saturated rings. The van der Waals surface area contributed by atoms with Gasteiger partial charge < -0.3 is 9.67 Å². The molecule has 0 bridgehead atoms. The van der Waals surface area contributed by atoms with E-state index in [4.69, 9.17) is 5.11 Å². The average molecular weight is 286 g/mol. The Morgan fingerprint density at radius 3 is 2.58 bits per heavy atom. The Kier molecular flexibility index (Phi) is 4.03. The van der Waals surface area contributed by atoms with Crippen LogP contribution in [0.25, 0.3) is 0 Å². The lowest BCUT2D eigenvalue weighted by Gasteiger charge is -2.41. The van der Waals surface area contributed by atoms with E-state index in [1.54, 1.807) is 11.6 Å². The first-order valence-electron chi connectivity index (χ1n) is 6.68. The van der Waals surface area contributed by atoms with Crippen LogP contribution in [0.4, 0.5) is 0 Å². The molecular formula is C13H22N2O3S. The highest BCUT2D eigenvalue weighted by molar-refractivity contribution is 7.89. The fourth-order valence-electron chi connectivity index (χ4n) is 2.54. The number of sulfonamides is 1. The summed E-state index contributed by atoms with van der Waals surface area (Å²) in [7, 11) is -1.75. The van der Waals surface area contributed by atoms with Crippen molar-refractivity contribution in [2.75, 3.05) is 6.54 Å². The number of nitrogens with zero attached hydrogens (tertiary/aromatic N) is 1. The molecule has 19 heavy (non-hydrogen) atoms. The fourth-order valence-corrected chi connectivity index (χ4v) is 3.80. The van der Waals surface area contributed by atoms with Gasteiger partial charge in [-0.25, -0.2) is 13.1 Å². The molecule has 2 N–H and O–H groups in total. The van der Waals surface area contributed by atoms with E-state index in [-0.39, 0.29) is 16.9 Å². The van der Waals surface area contributed by atoms with Crippen molar-refractivity contribution in [3.8, 4) is 0 Å². The zero-order chi connectivity index (χ0) is 14.1. The van der Waals surface area contributed by atoms with Gasteiger partial charge in [0.05, 0.1) is 11.5 Å². The molecule has 2 rings (SSSR count). The van der Waals surface area contributed by atoms with Gasteiger partial charge in [-0.05, 0) is 30.7 Å². The van der Waals surface area contributed by atoms with Crippen LogP contribution in [-0.2, 0) is 23.7 Å². The molecule has 0 atom stereocenters. The quantitative estimate of drug-likeness (QED) is 0.830. The zero-order valence-electron chi connectivity index (χ0n) is 11.5. The van der Waals surface area contributed by atoms with Gasteiger partial charge in [-0.15, -0.1) is 0 Å². The first-order valence-corrected chi connectivity index (χ1v) is 8.16. The van der Waals surface area contributed by atoms with E-state index in [1.165, 1.54) is 18.7 Å². The first kappa shape index (κ1) is 14.6. The minimum absolute atomic E-state index is 0.154. The van der Waals surface area contributed by atoms with Gasteiger partial charge in [-0.3, -0.25) is 0 Å². The molecule has 0 saturated heterocycles. The minimum Gasteiger partial charge on any atom is -0.390 e. The smallest absolute Gasteiger partial charge is 0.242 e. The molecule has 0 spiro atoms. The second kappa shape index (κ2) is 5.26. The van der Waals surface area contributed by atoms with Crippen LogP contribution in [0.3, 0.4) is 0 Å². The van der Waals surface area contributed by atoms with E-state index in [0.717, 1.165) is 19.3 Å². The molecule has 5 nitrogen and oxygen atoms in total. The number of aliphatic hydroxyl groups is 1. The van der Waals surface area contributed by atoms with Gasteiger partial charge >= 0.3 is 0 Å². The molecule has 0 amide bonds. The average Bonchev–Trinajstić information content (AvgIpc) is 2.70. The first-order chi connectivity index (χ1) is 8.92. The lowest BCUT2D eigenvalue weighted by molar-refractivity contribution is 0.133. The van der Waals surface area contributed by atoms with Gasteiger partial charge in [0, 0.05) is 25.5 Å². The summed E-state index contributed by atoms with van der Waals surface area (Å²) in [5.41, 5.74) is 0.746. The molecule has 6 heteroatoms. The van der Waals surface area contributed by atoms with Crippen LogP contribution >= 0.6 is 0 Å². The second-order valence-electron chi connectivity index (χ2n) is 5.47. The molecule has 108 valence electrons. The van der Waals surface area contributed by atoms with Gasteiger partial charge in [0.1, 0.15) is 0 Å². The van der Waals surface area contributed by atoms with Crippen molar-refractivity contribution < 1.29 is 13.5 Å². The van der Waals surface area contributed by atoms with Crippen molar-refractivity contribution >= 4 is 10.0 Å². The van der Waals surface area contributed by atoms with E-state index < -0.39 is 10.0 Å². The molecule has 1 saturated carbocycles. The molecule has 1 aromatic rings. The van der Waals surface area contributed by atoms with E-state index in [9.17, 15) is 8.42 Å². The van der Waals surface area contributed by atoms with Crippen molar-refractivity contribution in [1.82, 2.24) is 9.29 Å². The molecule has 0 unspecified atom stereocenters. The third-order valence-electron chi connectivity index (χ3n) is 4.36. The van der Waals surface area contributed by atoms with Crippen molar-refractivity contribution in [3.05, 3.63) is 18.0 Å². The van der Waals surface area contributed by atoms with Crippen molar-refractivity contribution in [2.24, 2.45) is 12.5 Å². The number of rotatable bonds is 6. The Morgan fingerprint density at radius 2 is 2.16 bits per heavy atom. The lowest BCUT2D eigenvalue weighted by atomic mass is 9.67. The van der Waals surface area contributed by atoms with Crippen LogP contribution in [-0.4, -0.2) is 24.6 Å². The second-order valence-corrected chi connectivity index (χ2v) is 7.23. The summed E-state index contributed by atoms with van der Waals surface area (Å²) < 4.78 is 28.8. The maximum atomic E-state index is 12.2. The molecule has 1 heterocycles. The largest absolute Gasteiger partial charge is 0.390 e. The van der Waals surface area contributed by atoms with E-state index in [0.29, 0.717) is 12.2 Å². The maximum absolute atomic E-state index is 12.2. The number of nitrogens with one attached hydrogen (secondary N) is 1.